The number of hydrogen-bond acceptors (Lipinski definition) is 2. The quantitative estimate of drug-likeness (QED) is 0.793. The Morgan fingerprint density at radius 2 is 1.85 bits per heavy atom. The molecule has 2 aromatic carbocycles. The van der Waals surface area contributed by atoms with Crippen molar-refractivity contribution in [2.75, 3.05) is 4.90 Å². The van der Waals surface area contributed by atoms with Crippen LogP contribution in [0.4, 0.5) is 5.69 Å². The zero-order valence-electron chi connectivity index (χ0n) is 10.9. The molecule has 1 amide bonds. The maximum Gasteiger partial charge on any atom is 0.299 e. The van der Waals surface area contributed by atoms with Crippen LogP contribution in [0.2, 0.25) is 5.02 Å². The number of benzene rings is 2. The van der Waals surface area contributed by atoms with E-state index in [-0.39, 0.29) is 0 Å². The van der Waals surface area contributed by atoms with Crippen molar-refractivity contribution in [3.8, 4) is 0 Å². The van der Waals surface area contributed by atoms with E-state index < -0.39 is 11.7 Å². The van der Waals surface area contributed by atoms with E-state index in [0.717, 1.165) is 11.1 Å². The van der Waals surface area contributed by atoms with E-state index in [1.54, 1.807) is 24.3 Å². The van der Waals surface area contributed by atoms with Gasteiger partial charge in [0.05, 0.1) is 17.8 Å². The molecule has 1 aliphatic rings. The predicted octanol–water partition coefficient (Wildman–Crippen LogP) is 3.38. The van der Waals surface area contributed by atoms with Crippen LogP contribution in [-0.2, 0) is 11.3 Å². The zero-order valence-corrected chi connectivity index (χ0v) is 11.6. The number of carbonyl (C=O) groups is 2. The first kappa shape index (κ1) is 12.9. The van der Waals surface area contributed by atoms with Crippen LogP contribution in [0.25, 0.3) is 0 Å². The van der Waals surface area contributed by atoms with E-state index in [2.05, 4.69) is 0 Å². The van der Waals surface area contributed by atoms with Gasteiger partial charge in [0.15, 0.2) is 0 Å². The highest BCUT2D eigenvalue weighted by Crippen LogP contribution is 2.30. The van der Waals surface area contributed by atoms with Gasteiger partial charge in [0, 0.05) is 5.02 Å². The molecule has 0 spiro atoms. The second kappa shape index (κ2) is 4.76. The second-order valence-electron chi connectivity index (χ2n) is 4.82. The van der Waals surface area contributed by atoms with Crippen LogP contribution < -0.4 is 4.90 Å². The maximum absolute atomic E-state index is 12.1. The summed E-state index contributed by atoms with van der Waals surface area (Å²) in [6.07, 6.45) is 0. The minimum absolute atomic E-state index is 0.375. The molecule has 0 N–H and O–H groups in total. The lowest BCUT2D eigenvalue weighted by Gasteiger charge is -2.17. The first-order valence-electron chi connectivity index (χ1n) is 6.28. The topological polar surface area (TPSA) is 37.4 Å². The van der Waals surface area contributed by atoms with Gasteiger partial charge in [0.25, 0.3) is 11.7 Å². The molecule has 0 atom stereocenters. The lowest BCUT2D eigenvalue weighted by atomic mass is 10.1. The fraction of sp³-hybridized carbons (Fsp3) is 0.125. The number of anilines is 1. The lowest BCUT2D eigenvalue weighted by Crippen LogP contribution is -2.29. The fourth-order valence-corrected chi connectivity index (χ4v) is 2.51. The van der Waals surface area contributed by atoms with Crippen molar-refractivity contribution in [1.82, 2.24) is 0 Å². The van der Waals surface area contributed by atoms with Crippen molar-refractivity contribution >= 4 is 29.0 Å². The van der Waals surface area contributed by atoms with Gasteiger partial charge in [0.1, 0.15) is 0 Å². The Hall–Kier alpha value is -2.13. The third kappa shape index (κ3) is 2.00. The first-order chi connectivity index (χ1) is 9.58. The van der Waals surface area contributed by atoms with Crippen molar-refractivity contribution < 1.29 is 9.59 Å². The van der Waals surface area contributed by atoms with Gasteiger partial charge < -0.3 is 4.90 Å². The Kier molecular flexibility index (Phi) is 3.07. The van der Waals surface area contributed by atoms with Crippen LogP contribution >= 0.6 is 11.6 Å². The van der Waals surface area contributed by atoms with Crippen LogP contribution in [0.1, 0.15) is 21.5 Å². The molecule has 0 saturated heterocycles. The van der Waals surface area contributed by atoms with E-state index in [9.17, 15) is 9.59 Å². The molecule has 2 aromatic rings. The van der Waals surface area contributed by atoms with Gasteiger partial charge in [-0.2, -0.15) is 0 Å². The summed E-state index contributed by atoms with van der Waals surface area (Å²) in [4.78, 5) is 25.5. The molecule has 0 unspecified atom stereocenters. The summed E-state index contributed by atoms with van der Waals surface area (Å²) in [6, 6.07) is 12.7. The predicted molar refractivity (Wildman–Crippen MR) is 78.2 cm³/mol. The Morgan fingerprint density at radius 3 is 2.60 bits per heavy atom. The Bertz CT molecular complexity index is 724. The summed E-state index contributed by atoms with van der Waals surface area (Å²) in [5.74, 6) is -0.912. The molecule has 0 radical (unpaired) electrons. The SMILES string of the molecule is Cc1cc(CN2C(=O)C(=O)c3ccccc32)ccc1Cl. The summed E-state index contributed by atoms with van der Waals surface area (Å²) in [5, 5.41) is 0.693. The van der Waals surface area contributed by atoms with Gasteiger partial charge in [-0.25, -0.2) is 0 Å². The normalized spacial score (nSPS) is 13.8. The summed E-state index contributed by atoms with van der Waals surface area (Å²) in [7, 11) is 0. The van der Waals surface area contributed by atoms with Gasteiger partial charge in [-0.15, -0.1) is 0 Å². The van der Waals surface area contributed by atoms with E-state index in [1.807, 2.05) is 25.1 Å². The number of hydrogen-bond donors (Lipinski definition) is 0. The molecule has 0 aliphatic carbocycles. The summed E-state index contributed by atoms with van der Waals surface area (Å²) in [6.45, 7) is 2.29. The largest absolute Gasteiger partial charge is 0.300 e. The number of halogens is 1. The highest BCUT2D eigenvalue weighted by atomic mass is 35.5. The van der Waals surface area contributed by atoms with E-state index in [1.165, 1.54) is 4.90 Å². The second-order valence-corrected chi connectivity index (χ2v) is 5.23. The average molecular weight is 286 g/mol. The number of nitrogens with zero attached hydrogens (tertiary/aromatic N) is 1. The molecule has 20 heavy (non-hydrogen) atoms. The molecule has 100 valence electrons. The summed E-state index contributed by atoms with van der Waals surface area (Å²) >= 11 is 6.00. The number of ketones is 1. The molecule has 0 aromatic heterocycles. The molecular weight excluding hydrogens is 274 g/mol. The van der Waals surface area contributed by atoms with Crippen molar-refractivity contribution in [3.05, 3.63) is 64.2 Å². The molecule has 0 saturated carbocycles. The van der Waals surface area contributed by atoms with E-state index >= 15 is 0 Å². The number of fused-ring (bicyclic) bond motifs is 1. The van der Waals surface area contributed by atoms with Gasteiger partial charge >= 0.3 is 0 Å². The van der Waals surface area contributed by atoms with Gasteiger partial charge in [-0.05, 0) is 36.2 Å². The Labute approximate surface area is 121 Å². The van der Waals surface area contributed by atoms with E-state index in [0.29, 0.717) is 22.8 Å². The highest BCUT2D eigenvalue weighted by Gasteiger charge is 2.35. The van der Waals surface area contributed by atoms with Crippen LogP contribution in [0.15, 0.2) is 42.5 Å². The number of para-hydroxylation sites is 1. The van der Waals surface area contributed by atoms with E-state index in [4.69, 9.17) is 11.6 Å². The number of carbonyl (C=O) groups excluding carboxylic acids is 2. The fourth-order valence-electron chi connectivity index (χ4n) is 2.39. The monoisotopic (exact) mass is 285 g/mol. The molecule has 3 nitrogen and oxygen atoms in total. The first-order valence-corrected chi connectivity index (χ1v) is 6.66. The zero-order chi connectivity index (χ0) is 14.3. The number of amides is 1. The van der Waals surface area contributed by atoms with Crippen LogP contribution in [0.3, 0.4) is 0 Å². The molecule has 3 rings (SSSR count). The number of aryl methyl sites for hydroxylation is 1. The smallest absolute Gasteiger partial charge is 0.299 e. The minimum atomic E-state index is -0.473. The lowest BCUT2D eigenvalue weighted by molar-refractivity contribution is -0.114. The summed E-state index contributed by atoms with van der Waals surface area (Å²) < 4.78 is 0. The molecule has 1 heterocycles. The minimum Gasteiger partial charge on any atom is -0.300 e. The summed E-state index contributed by atoms with van der Waals surface area (Å²) in [5.41, 5.74) is 3.05. The maximum atomic E-state index is 12.1. The standard InChI is InChI=1S/C16H12ClNO2/c1-10-8-11(6-7-13(10)17)9-18-14-5-3-2-4-12(14)15(19)16(18)20/h2-8H,9H2,1H3. The van der Waals surface area contributed by atoms with Crippen LogP contribution in [0, 0.1) is 6.92 Å². The molecule has 0 fully saturated rings. The van der Waals surface area contributed by atoms with Crippen molar-refractivity contribution in [2.45, 2.75) is 13.5 Å². The number of rotatable bonds is 2. The Morgan fingerprint density at radius 1 is 1.10 bits per heavy atom. The van der Waals surface area contributed by atoms with Crippen LogP contribution in [-0.4, -0.2) is 11.7 Å². The third-order valence-corrected chi connectivity index (χ3v) is 3.87. The molecule has 0 bridgehead atoms. The van der Waals surface area contributed by atoms with Crippen LogP contribution in [0.5, 0.6) is 0 Å². The molecular formula is C16H12ClNO2. The van der Waals surface area contributed by atoms with Gasteiger partial charge in [-0.3, -0.25) is 9.59 Å². The van der Waals surface area contributed by atoms with Gasteiger partial charge in [-0.1, -0.05) is 35.9 Å². The number of Topliss-reactive ketones (excluding diaryl/α,β-unsaturated/α-hetero) is 1. The van der Waals surface area contributed by atoms with Crippen molar-refractivity contribution in [1.29, 1.82) is 0 Å². The van der Waals surface area contributed by atoms with Gasteiger partial charge in [0.2, 0.25) is 0 Å². The third-order valence-electron chi connectivity index (χ3n) is 3.44. The highest BCUT2D eigenvalue weighted by molar-refractivity contribution is 6.52. The molecule has 1 aliphatic heterocycles. The molecule has 4 heteroatoms. The van der Waals surface area contributed by atoms with Crippen molar-refractivity contribution in [2.24, 2.45) is 0 Å². The Balaban J connectivity index is 1.97. The van der Waals surface area contributed by atoms with Crippen molar-refractivity contribution in [3.63, 3.8) is 0 Å². The average Bonchev–Trinajstić information content (AvgIpc) is 2.69.